The Morgan fingerprint density at radius 3 is 2.07 bits per heavy atom. The Morgan fingerprint density at radius 1 is 0.836 bits per heavy atom. The molecule has 0 aromatic heterocycles. The Bertz CT molecular complexity index is 1770. The van der Waals surface area contributed by atoms with E-state index in [0.29, 0.717) is 104 Å². The lowest BCUT2D eigenvalue weighted by atomic mass is 9.43. The van der Waals surface area contributed by atoms with Crippen molar-refractivity contribution in [1.82, 2.24) is 15.5 Å². The van der Waals surface area contributed by atoms with Crippen LogP contribution >= 0.6 is 0 Å². The van der Waals surface area contributed by atoms with Crippen LogP contribution in [-0.2, 0) is 47.5 Å². The molecule has 7 rings (SSSR count). The van der Waals surface area contributed by atoms with Crippen molar-refractivity contribution in [3.05, 3.63) is 29.8 Å². The second-order valence-electron chi connectivity index (χ2n) is 20.6. The van der Waals surface area contributed by atoms with Crippen molar-refractivity contribution in [2.45, 2.75) is 96.8 Å². The molecule has 4 aliphatic carbocycles. The molecule has 0 radical (unpaired) electrons. The summed E-state index contributed by atoms with van der Waals surface area (Å²) in [4.78, 5) is 50.1. The lowest BCUT2D eigenvalue weighted by Crippen LogP contribution is -2.64. The van der Waals surface area contributed by atoms with Crippen LogP contribution in [0.2, 0.25) is 0 Å². The largest absolute Gasteiger partial charge is 0.469 e. The van der Waals surface area contributed by atoms with Crippen LogP contribution in [0.25, 0.3) is 0 Å². The highest BCUT2D eigenvalue weighted by atomic mass is 16.6. The van der Waals surface area contributed by atoms with Crippen molar-refractivity contribution in [3.8, 4) is 0 Å². The van der Waals surface area contributed by atoms with Crippen molar-refractivity contribution in [2.24, 2.45) is 51.3 Å². The summed E-state index contributed by atoms with van der Waals surface area (Å²) in [5.41, 5.74) is 1.06. The Morgan fingerprint density at radius 2 is 1.48 bits per heavy atom. The number of nitrogens with zero attached hydrogens (tertiary/aromatic N) is 3. The van der Waals surface area contributed by atoms with E-state index in [-0.39, 0.29) is 83.6 Å². The molecule has 0 bridgehead atoms. The van der Waals surface area contributed by atoms with E-state index in [9.17, 15) is 14.4 Å². The molecular weight excluding hydrogens is 859 g/mol. The van der Waals surface area contributed by atoms with Crippen LogP contribution in [0, 0.1) is 46.3 Å². The van der Waals surface area contributed by atoms with E-state index in [1.807, 2.05) is 43.3 Å². The number of nitrogens with one attached hydrogen (secondary N) is 2. The Balaban J connectivity index is 1.15. The van der Waals surface area contributed by atoms with Gasteiger partial charge in [-0.2, -0.15) is 0 Å². The summed E-state index contributed by atoms with van der Waals surface area (Å²) in [7, 11) is 5.41. The maximum Gasteiger partial charge on any atom is 0.338 e. The molecule has 2 N–H and O–H groups in total. The average molecular weight is 940 g/mol. The lowest BCUT2D eigenvalue weighted by Gasteiger charge is -2.64. The monoisotopic (exact) mass is 940 g/mol. The Labute approximate surface area is 399 Å². The minimum absolute atomic E-state index is 0.0651. The number of benzene rings is 1. The van der Waals surface area contributed by atoms with Gasteiger partial charge in [0.1, 0.15) is 12.2 Å². The van der Waals surface area contributed by atoms with Gasteiger partial charge < -0.3 is 53.4 Å². The summed E-state index contributed by atoms with van der Waals surface area (Å²) >= 11 is 0. The zero-order valence-electron chi connectivity index (χ0n) is 41.3. The van der Waals surface area contributed by atoms with E-state index in [4.69, 9.17) is 37.9 Å². The quantitative estimate of drug-likeness (QED) is 0.225. The fraction of sp³-hybridized carbons (Fsp3) is 0.804. The highest BCUT2D eigenvalue weighted by molar-refractivity contribution is 5.90. The van der Waals surface area contributed by atoms with Crippen molar-refractivity contribution in [2.75, 3.05) is 125 Å². The van der Waals surface area contributed by atoms with Gasteiger partial charge in [-0.05, 0) is 111 Å². The maximum atomic E-state index is 14.5. The molecule has 4 saturated carbocycles. The zero-order valence-corrected chi connectivity index (χ0v) is 41.3. The minimum atomic E-state index is -0.422. The zero-order chi connectivity index (χ0) is 47.4. The van der Waals surface area contributed by atoms with Gasteiger partial charge in [0.25, 0.3) is 0 Å². The van der Waals surface area contributed by atoms with Crippen LogP contribution in [0.15, 0.2) is 29.3 Å². The van der Waals surface area contributed by atoms with Crippen LogP contribution in [0.4, 0.5) is 5.69 Å². The van der Waals surface area contributed by atoms with Crippen molar-refractivity contribution >= 4 is 29.6 Å². The standard InChI is InChI=1S/C51H81N5O11/c1-35(7-14-45(57)60-6)40-12-13-41-47-42(33-44(51(40,41)3)67-48(59)36-8-10-39(11-9-36)55(4)5)50(2)16-15-38(54-49-52-17-18-53-49)31-37(50)32-43(47)66-46(58)34-56-19-21-61-23-25-63-27-29-65-30-28-64-26-24-62-22-20-56/h8-11,35,37-38,40-44,47H,7,12-34H2,1-6H3,(H2,52,53,54)/t35-,37+,38-,40-,41+,42+,43-,44+,47+,50+,51-/m1/s1. The first kappa shape index (κ1) is 51.3. The molecule has 2 aliphatic heterocycles. The van der Waals surface area contributed by atoms with Crippen LogP contribution < -0.4 is 15.5 Å². The van der Waals surface area contributed by atoms with Gasteiger partial charge >= 0.3 is 17.9 Å². The summed E-state index contributed by atoms with van der Waals surface area (Å²) in [5.74, 6) is 1.09. The predicted octanol–water partition coefficient (Wildman–Crippen LogP) is 4.97. The average Bonchev–Trinajstić information content (AvgIpc) is 3.97. The van der Waals surface area contributed by atoms with Gasteiger partial charge in [0.05, 0.1) is 91.8 Å². The number of esters is 3. The van der Waals surface area contributed by atoms with E-state index < -0.39 is 5.41 Å². The molecule has 16 nitrogen and oxygen atoms in total. The van der Waals surface area contributed by atoms with Crippen molar-refractivity contribution in [1.29, 1.82) is 0 Å². The number of fused-ring (bicyclic) bond motifs is 5. The highest BCUT2D eigenvalue weighted by Gasteiger charge is 2.67. The number of methoxy groups -OCH3 is 1. The Kier molecular flexibility index (Phi) is 18.6. The van der Waals surface area contributed by atoms with E-state index >= 15 is 0 Å². The van der Waals surface area contributed by atoms with Crippen molar-refractivity contribution in [3.63, 3.8) is 0 Å². The first-order valence-corrected chi connectivity index (χ1v) is 25.3. The van der Waals surface area contributed by atoms with E-state index in [1.165, 1.54) is 7.11 Å². The smallest absolute Gasteiger partial charge is 0.338 e. The topological polar surface area (TPSA) is 168 Å². The maximum absolute atomic E-state index is 14.5. The van der Waals surface area contributed by atoms with Crippen LogP contribution in [0.5, 0.6) is 0 Å². The van der Waals surface area contributed by atoms with Gasteiger partial charge in [-0.15, -0.1) is 0 Å². The first-order valence-electron chi connectivity index (χ1n) is 25.3. The molecule has 1 saturated heterocycles. The minimum Gasteiger partial charge on any atom is -0.469 e. The number of aliphatic imine (C=N–C) groups is 1. The van der Waals surface area contributed by atoms with E-state index in [0.717, 1.165) is 63.3 Å². The molecule has 1 aromatic rings. The van der Waals surface area contributed by atoms with Gasteiger partial charge in [-0.3, -0.25) is 19.5 Å². The molecular formula is C51H81N5O11. The molecule has 1 aromatic carbocycles. The fourth-order valence-electron chi connectivity index (χ4n) is 13.0. The summed E-state index contributed by atoms with van der Waals surface area (Å²) < 4.78 is 47.6. The number of carbonyl (C=O) groups excluding carboxylic acids is 3. The van der Waals surface area contributed by atoms with Crippen molar-refractivity contribution < 1.29 is 52.3 Å². The third-order valence-corrected chi connectivity index (χ3v) is 16.6. The summed E-state index contributed by atoms with van der Waals surface area (Å²) in [6.45, 7) is 14.5. The predicted molar refractivity (Wildman–Crippen MR) is 254 cm³/mol. The number of guanidine groups is 1. The fourth-order valence-corrected chi connectivity index (χ4v) is 13.0. The third-order valence-electron chi connectivity index (χ3n) is 16.6. The van der Waals surface area contributed by atoms with E-state index in [2.05, 4.69) is 41.3 Å². The number of anilines is 1. The second-order valence-corrected chi connectivity index (χ2v) is 20.6. The van der Waals surface area contributed by atoms with Crippen LogP contribution in [0.3, 0.4) is 0 Å². The van der Waals surface area contributed by atoms with E-state index in [1.54, 1.807) is 0 Å². The molecule has 2 heterocycles. The first-order chi connectivity index (χ1) is 32.4. The van der Waals surface area contributed by atoms with Gasteiger partial charge in [0.15, 0.2) is 5.96 Å². The SMILES string of the molecule is COC(=O)CC[C@@H](C)[C@H]1CC[C@H]2[C@@H]3[C@H](OC(=O)CN4CCOCCOCCOCCOCCOCC4)C[C@@H]4C[C@H](NC5=NCCN5)CC[C@]4(C)[C@H]3C[C@H](OC(=O)c3ccc(N(C)C)cc3)[C@]12C. The van der Waals surface area contributed by atoms with Crippen LogP contribution in [-0.4, -0.2) is 167 Å². The van der Waals surface area contributed by atoms with Gasteiger partial charge in [0, 0.05) is 63.2 Å². The number of carbonyl (C=O) groups is 3. The van der Waals surface area contributed by atoms with Gasteiger partial charge in [-0.25, -0.2) is 4.79 Å². The number of hydrogen-bond acceptors (Lipinski definition) is 16. The molecule has 11 atom stereocenters. The van der Waals surface area contributed by atoms with Gasteiger partial charge in [-0.1, -0.05) is 20.8 Å². The highest BCUT2D eigenvalue weighted by Crippen LogP contribution is 2.69. The molecule has 0 unspecified atom stereocenters. The molecule has 6 aliphatic rings. The summed E-state index contributed by atoms with van der Waals surface area (Å²) in [5, 5.41) is 7.13. The van der Waals surface area contributed by atoms with Gasteiger partial charge in [0.2, 0.25) is 0 Å². The summed E-state index contributed by atoms with van der Waals surface area (Å²) in [6, 6.07) is 7.89. The second kappa shape index (κ2) is 24.3. The molecule has 0 spiro atoms. The number of ether oxygens (including phenoxy) is 8. The third kappa shape index (κ3) is 12.8. The lowest BCUT2D eigenvalue weighted by molar-refractivity contribution is -0.214. The normalized spacial score (nSPS) is 34.0. The molecule has 5 fully saturated rings. The molecule has 0 amide bonds. The summed E-state index contributed by atoms with van der Waals surface area (Å²) in [6.07, 6.45) is 6.64. The molecule has 376 valence electrons. The number of rotatable bonds is 11. The molecule has 67 heavy (non-hydrogen) atoms. The van der Waals surface area contributed by atoms with Crippen LogP contribution in [0.1, 0.15) is 88.9 Å². The number of hydrogen-bond donors (Lipinski definition) is 2. The Hall–Kier alpha value is -3.54. The molecule has 16 heteroatoms.